The van der Waals surface area contributed by atoms with E-state index in [0.29, 0.717) is 23.9 Å². The number of halogens is 1. The van der Waals surface area contributed by atoms with Crippen LogP contribution in [0, 0.1) is 0 Å². The average molecular weight is 682 g/mol. The van der Waals surface area contributed by atoms with Gasteiger partial charge >= 0.3 is 11.9 Å². The van der Waals surface area contributed by atoms with Crippen LogP contribution in [0.25, 0.3) is 0 Å². The predicted molar refractivity (Wildman–Crippen MR) is 166 cm³/mol. The number of carbonyl (C=O) groups excluding carboxylic acids is 2. The van der Waals surface area contributed by atoms with Crippen molar-refractivity contribution < 1.29 is 47.5 Å². The summed E-state index contributed by atoms with van der Waals surface area (Å²) < 4.78 is 11.9. The first-order chi connectivity index (χ1) is 18.8. The van der Waals surface area contributed by atoms with Crippen LogP contribution in [0.3, 0.4) is 0 Å². The summed E-state index contributed by atoms with van der Waals surface area (Å²) in [7, 11) is 6.20. The van der Waals surface area contributed by atoms with Crippen LogP contribution in [0.1, 0.15) is 168 Å². The number of rotatable bonds is 29. The van der Waals surface area contributed by atoms with E-state index in [1.807, 2.05) is 0 Å². The maximum absolute atomic E-state index is 12.5. The number of hydrogen-bond acceptors (Lipinski definition) is 4. The van der Waals surface area contributed by atoms with Gasteiger partial charge in [-0.2, -0.15) is 0 Å². The van der Waals surface area contributed by atoms with E-state index in [0.717, 1.165) is 25.7 Å². The standard InChI is InChI=1S/C34H68NO4.HI/c1-6-8-10-12-14-16-18-20-22-24-26-28-33(36)38-31-32(30-35(3,4)5)39-34(37)29-27-25-23-21-19-17-15-13-11-9-7-2;/h32H,6-31H2,1-5H3;1H/q+1;/p-1. The topological polar surface area (TPSA) is 52.6 Å². The van der Waals surface area contributed by atoms with Gasteiger partial charge in [-0.3, -0.25) is 9.59 Å². The molecule has 40 heavy (non-hydrogen) atoms. The summed E-state index contributed by atoms with van der Waals surface area (Å²) in [5, 5.41) is 0. The summed E-state index contributed by atoms with van der Waals surface area (Å²) in [5.74, 6) is -0.329. The van der Waals surface area contributed by atoms with Crippen molar-refractivity contribution in [1.29, 1.82) is 0 Å². The molecule has 0 aromatic rings. The fourth-order valence-electron chi connectivity index (χ4n) is 5.10. The Hall–Kier alpha value is -0.370. The van der Waals surface area contributed by atoms with Crippen molar-refractivity contribution in [3.8, 4) is 0 Å². The number of nitrogens with zero attached hydrogens (tertiary/aromatic N) is 1. The van der Waals surface area contributed by atoms with Crippen molar-refractivity contribution in [3.05, 3.63) is 0 Å². The average Bonchev–Trinajstić information content (AvgIpc) is 2.88. The van der Waals surface area contributed by atoms with Crippen molar-refractivity contribution in [2.24, 2.45) is 0 Å². The summed E-state index contributed by atoms with van der Waals surface area (Å²) in [4.78, 5) is 24.7. The normalized spacial score (nSPS) is 12.1. The number of carbonyl (C=O) groups is 2. The highest BCUT2D eigenvalue weighted by molar-refractivity contribution is 5.70. The molecule has 0 rings (SSSR count). The number of unbranched alkanes of at least 4 members (excludes halogenated alkanes) is 20. The Morgan fingerprint density at radius 3 is 1.20 bits per heavy atom. The van der Waals surface area contributed by atoms with Crippen LogP contribution < -0.4 is 24.0 Å². The first-order valence-electron chi connectivity index (χ1n) is 16.9. The monoisotopic (exact) mass is 681 g/mol. The summed E-state index contributed by atoms with van der Waals surface area (Å²) >= 11 is 0. The first kappa shape index (κ1) is 41.8. The molecule has 6 heteroatoms. The lowest BCUT2D eigenvalue weighted by atomic mass is 10.1. The van der Waals surface area contributed by atoms with Gasteiger partial charge in [0.25, 0.3) is 0 Å². The smallest absolute Gasteiger partial charge is 0.306 e. The minimum Gasteiger partial charge on any atom is -1.00 e. The third kappa shape index (κ3) is 32.1. The van der Waals surface area contributed by atoms with E-state index in [1.165, 1.54) is 116 Å². The molecular formula is C34H68INO4. The Bertz CT molecular complexity index is 565. The molecule has 5 nitrogen and oxygen atoms in total. The van der Waals surface area contributed by atoms with E-state index in [1.54, 1.807) is 0 Å². The van der Waals surface area contributed by atoms with E-state index >= 15 is 0 Å². The molecule has 0 N–H and O–H groups in total. The molecule has 0 saturated carbocycles. The minimum absolute atomic E-state index is 0. The molecule has 1 atom stereocenters. The molecule has 0 radical (unpaired) electrons. The highest BCUT2D eigenvalue weighted by Crippen LogP contribution is 2.14. The Morgan fingerprint density at radius 2 is 0.850 bits per heavy atom. The van der Waals surface area contributed by atoms with Gasteiger partial charge in [-0.05, 0) is 12.8 Å². The van der Waals surface area contributed by atoms with Gasteiger partial charge in [-0.15, -0.1) is 0 Å². The Morgan fingerprint density at radius 1 is 0.525 bits per heavy atom. The number of hydrogen-bond donors (Lipinski definition) is 0. The second-order valence-corrected chi connectivity index (χ2v) is 12.8. The van der Waals surface area contributed by atoms with E-state index in [4.69, 9.17) is 9.47 Å². The van der Waals surface area contributed by atoms with Gasteiger partial charge in [0.1, 0.15) is 13.2 Å². The molecule has 240 valence electrons. The molecule has 1 unspecified atom stereocenters. The van der Waals surface area contributed by atoms with Crippen molar-refractivity contribution in [2.45, 2.75) is 174 Å². The molecule has 0 spiro atoms. The number of likely N-dealkylation sites (N-methyl/N-ethyl adjacent to an activating group) is 1. The number of ether oxygens (including phenoxy) is 2. The van der Waals surface area contributed by atoms with Crippen LogP contribution >= 0.6 is 0 Å². The third-order valence-corrected chi connectivity index (χ3v) is 7.45. The molecule has 0 aliphatic rings. The highest BCUT2D eigenvalue weighted by Gasteiger charge is 2.23. The Labute approximate surface area is 266 Å². The quantitative estimate of drug-likeness (QED) is 0.0389. The van der Waals surface area contributed by atoms with Crippen LogP contribution in [0.2, 0.25) is 0 Å². The molecule has 0 fully saturated rings. The summed E-state index contributed by atoms with van der Waals surface area (Å²) in [6, 6.07) is 0. The van der Waals surface area contributed by atoms with Crippen molar-refractivity contribution in [2.75, 3.05) is 34.3 Å². The van der Waals surface area contributed by atoms with Crippen molar-refractivity contribution in [1.82, 2.24) is 0 Å². The Kier molecular flexibility index (Phi) is 31.4. The maximum Gasteiger partial charge on any atom is 0.306 e. The minimum atomic E-state index is -0.383. The fraction of sp³-hybridized carbons (Fsp3) is 0.941. The summed E-state index contributed by atoms with van der Waals surface area (Å²) in [6.45, 7) is 5.32. The van der Waals surface area contributed by atoms with Gasteiger partial charge in [0.2, 0.25) is 0 Å². The predicted octanol–water partition coefficient (Wildman–Crippen LogP) is 6.55. The molecule has 0 saturated heterocycles. The van der Waals surface area contributed by atoms with Crippen LogP contribution in [0.5, 0.6) is 0 Å². The maximum atomic E-state index is 12.5. The molecule has 0 heterocycles. The van der Waals surface area contributed by atoms with E-state index in [-0.39, 0.29) is 48.6 Å². The lowest BCUT2D eigenvalue weighted by Crippen LogP contribution is -3.00. The largest absolute Gasteiger partial charge is 1.00 e. The lowest BCUT2D eigenvalue weighted by Gasteiger charge is -2.28. The zero-order valence-electron chi connectivity index (χ0n) is 27.4. The van der Waals surface area contributed by atoms with Gasteiger partial charge in [0.05, 0.1) is 21.1 Å². The van der Waals surface area contributed by atoms with Crippen molar-refractivity contribution in [3.63, 3.8) is 0 Å². The van der Waals surface area contributed by atoms with Gasteiger partial charge in [0.15, 0.2) is 6.10 Å². The van der Waals surface area contributed by atoms with E-state index in [2.05, 4.69) is 35.0 Å². The summed E-state index contributed by atoms with van der Waals surface area (Å²) in [6.07, 6.45) is 28.3. The van der Waals surface area contributed by atoms with Gasteiger partial charge in [-0.1, -0.05) is 142 Å². The molecule has 0 aliphatic carbocycles. The first-order valence-corrected chi connectivity index (χ1v) is 16.9. The van der Waals surface area contributed by atoms with Crippen LogP contribution in [0.4, 0.5) is 0 Å². The fourth-order valence-corrected chi connectivity index (χ4v) is 5.10. The van der Waals surface area contributed by atoms with Crippen molar-refractivity contribution >= 4 is 11.9 Å². The third-order valence-electron chi connectivity index (χ3n) is 7.45. The lowest BCUT2D eigenvalue weighted by molar-refractivity contribution is -0.873. The Balaban J connectivity index is 0. The molecule has 0 aliphatic heterocycles. The number of quaternary nitrogens is 1. The van der Waals surface area contributed by atoms with Crippen LogP contribution in [0.15, 0.2) is 0 Å². The summed E-state index contributed by atoms with van der Waals surface area (Å²) in [5.41, 5.74) is 0. The van der Waals surface area contributed by atoms with Gasteiger partial charge in [-0.25, -0.2) is 0 Å². The highest BCUT2D eigenvalue weighted by atomic mass is 127. The zero-order chi connectivity index (χ0) is 29.0. The SMILES string of the molecule is CCCCCCCCCCCCCC(=O)OCC(C[N+](C)(C)C)OC(=O)CCCCCCCCCCCCC.[I-]. The molecule has 0 aromatic carbocycles. The molecule has 0 amide bonds. The van der Waals surface area contributed by atoms with Crippen LogP contribution in [-0.4, -0.2) is 56.8 Å². The van der Waals surface area contributed by atoms with E-state index < -0.39 is 0 Å². The zero-order valence-corrected chi connectivity index (χ0v) is 29.6. The molecule has 0 aromatic heterocycles. The molecular weight excluding hydrogens is 613 g/mol. The second-order valence-electron chi connectivity index (χ2n) is 12.8. The van der Waals surface area contributed by atoms with E-state index in [9.17, 15) is 9.59 Å². The van der Waals surface area contributed by atoms with Crippen LogP contribution in [-0.2, 0) is 19.1 Å². The van der Waals surface area contributed by atoms with Gasteiger partial charge in [0, 0.05) is 12.8 Å². The molecule has 0 bridgehead atoms. The number of esters is 2. The second kappa shape index (κ2) is 30.1. The van der Waals surface area contributed by atoms with Gasteiger partial charge < -0.3 is 37.9 Å².